The first-order valence-electron chi connectivity index (χ1n) is 10.9. The normalized spacial score (nSPS) is 11.6. The minimum atomic E-state index is -0.856. The van der Waals surface area contributed by atoms with Gasteiger partial charge in [0.05, 0.1) is 23.0 Å². The number of halogens is 2. The minimum Gasteiger partial charge on any atom is -0.354 e. The number of ketones is 1. The van der Waals surface area contributed by atoms with Gasteiger partial charge >= 0.3 is 0 Å². The number of rotatable bonds is 7. The van der Waals surface area contributed by atoms with Crippen molar-refractivity contribution in [2.24, 2.45) is 5.41 Å². The van der Waals surface area contributed by atoms with Crippen LogP contribution in [0.2, 0.25) is 4.34 Å². The quantitative estimate of drug-likeness (QED) is 0.232. The first kappa shape index (κ1) is 25.9. The van der Waals surface area contributed by atoms with Crippen LogP contribution in [0.15, 0.2) is 46.7 Å². The van der Waals surface area contributed by atoms with E-state index < -0.39 is 29.2 Å². The molecule has 4 rings (SSSR count). The second-order valence-electron chi connectivity index (χ2n) is 9.14. The van der Waals surface area contributed by atoms with E-state index in [1.54, 1.807) is 45.3 Å². The number of hydrogen-bond acceptors (Lipinski definition) is 8. The van der Waals surface area contributed by atoms with Crippen molar-refractivity contribution < 1.29 is 14.0 Å². The molecule has 8 nitrogen and oxygen atoms in total. The zero-order chi connectivity index (χ0) is 26.2. The van der Waals surface area contributed by atoms with Crippen molar-refractivity contribution in [2.75, 3.05) is 11.9 Å². The maximum atomic E-state index is 14.6. The first-order valence-corrected chi connectivity index (χ1v) is 13.0. The molecule has 0 aliphatic heterocycles. The van der Waals surface area contributed by atoms with Crippen molar-refractivity contribution in [1.82, 2.24) is 19.3 Å². The van der Waals surface area contributed by atoms with Crippen molar-refractivity contribution in [3.63, 3.8) is 0 Å². The molecule has 0 saturated carbocycles. The van der Waals surface area contributed by atoms with E-state index in [1.807, 2.05) is 11.0 Å². The molecule has 0 atom stereocenters. The standard InChI is InChI=1S/C24H23ClFN5O3S2/c1-24(2,3)23(34)31-20(29(4)12-14-5-7-18(25)36-14)11-16(28-31)15-6-8-19(26)30(22(15)33)13-17(32)21-27-9-10-35-21/h5-11H,12-13H2,1-4H3. The van der Waals surface area contributed by atoms with Crippen molar-refractivity contribution in [3.05, 3.63) is 72.4 Å². The number of carbonyl (C=O) groups is 2. The smallest absolute Gasteiger partial charge is 0.262 e. The van der Waals surface area contributed by atoms with Crippen LogP contribution < -0.4 is 10.5 Å². The summed E-state index contributed by atoms with van der Waals surface area (Å²) < 4.78 is 17.2. The second-order valence-corrected chi connectivity index (χ2v) is 11.8. The summed E-state index contributed by atoms with van der Waals surface area (Å²) in [6.45, 7) is 5.27. The lowest BCUT2D eigenvalue weighted by atomic mass is 9.96. The van der Waals surface area contributed by atoms with Crippen LogP contribution in [0.3, 0.4) is 0 Å². The molecule has 36 heavy (non-hydrogen) atoms. The summed E-state index contributed by atoms with van der Waals surface area (Å²) in [6, 6.07) is 7.72. The lowest BCUT2D eigenvalue weighted by molar-refractivity contribution is 0.0751. The lowest BCUT2D eigenvalue weighted by Crippen LogP contribution is -2.31. The highest BCUT2D eigenvalue weighted by Crippen LogP contribution is 2.29. The minimum absolute atomic E-state index is 0.0672. The van der Waals surface area contributed by atoms with E-state index in [0.29, 0.717) is 16.7 Å². The van der Waals surface area contributed by atoms with Crippen LogP contribution in [0.4, 0.5) is 10.2 Å². The van der Waals surface area contributed by atoms with Gasteiger partial charge in [0, 0.05) is 35.0 Å². The summed E-state index contributed by atoms with van der Waals surface area (Å²) in [5.74, 6) is -1.15. The van der Waals surface area contributed by atoms with Gasteiger partial charge in [0.25, 0.3) is 11.5 Å². The Morgan fingerprint density at radius 2 is 1.94 bits per heavy atom. The third kappa shape index (κ3) is 5.32. The van der Waals surface area contributed by atoms with E-state index in [-0.39, 0.29) is 22.2 Å². The van der Waals surface area contributed by atoms with Crippen molar-refractivity contribution in [2.45, 2.75) is 33.9 Å². The number of pyridine rings is 1. The zero-order valence-electron chi connectivity index (χ0n) is 20.0. The molecule has 0 amide bonds. The molecule has 0 aliphatic carbocycles. The Labute approximate surface area is 219 Å². The van der Waals surface area contributed by atoms with Gasteiger partial charge in [-0.2, -0.15) is 14.2 Å². The lowest BCUT2D eigenvalue weighted by Gasteiger charge is -2.22. The first-order chi connectivity index (χ1) is 17.0. The molecular weight excluding hydrogens is 525 g/mol. The van der Waals surface area contributed by atoms with Crippen LogP contribution in [0, 0.1) is 11.4 Å². The van der Waals surface area contributed by atoms with Gasteiger partial charge in [-0.15, -0.1) is 22.7 Å². The fraction of sp³-hybridized carbons (Fsp3) is 0.292. The van der Waals surface area contributed by atoms with E-state index in [9.17, 15) is 18.8 Å². The van der Waals surface area contributed by atoms with Gasteiger partial charge in [0.2, 0.25) is 5.78 Å². The second kappa shape index (κ2) is 10.1. The summed E-state index contributed by atoms with van der Waals surface area (Å²) in [5.41, 5.74) is -1.22. The summed E-state index contributed by atoms with van der Waals surface area (Å²) >= 11 is 8.60. The number of carbonyl (C=O) groups excluding carboxylic acids is 2. The summed E-state index contributed by atoms with van der Waals surface area (Å²) in [7, 11) is 1.80. The number of anilines is 1. The molecule has 0 aliphatic rings. The fourth-order valence-corrected chi connectivity index (χ4v) is 5.17. The van der Waals surface area contributed by atoms with E-state index in [2.05, 4.69) is 10.1 Å². The summed E-state index contributed by atoms with van der Waals surface area (Å²) in [5, 5.41) is 6.26. The molecule has 0 N–H and O–H groups in total. The highest BCUT2D eigenvalue weighted by Gasteiger charge is 2.29. The average molecular weight is 548 g/mol. The molecule has 4 heterocycles. The maximum absolute atomic E-state index is 14.6. The Hall–Kier alpha value is -3.15. The SMILES string of the molecule is CN(Cc1ccc(Cl)s1)c1cc(-c2ccc(F)n(CC(=O)c3nccs3)c2=O)nn1C(=O)C(C)(C)C. The van der Waals surface area contributed by atoms with Gasteiger partial charge in [0.1, 0.15) is 11.5 Å². The predicted octanol–water partition coefficient (Wildman–Crippen LogP) is 5.23. The number of thiophene rings is 1. The molecule has 0 spiro atoms. The van der Waals surface area contributed by atoms with Gasteiger partial charge in [0.15, 0.2) is 11.0 Å². The van der Waals surface area contributed by atoms with Gasteiger partial charge in [-0.25, -0.2) is 4.98 Å². The Morgan fingerprint density at radius 3 is 2.56 bits per heavy atom. The van der Waals surface area contributed by atoms with E-state index >= 15 is 0 Å². The molecule has 0 aromatic carbocycles. The topological polar surface area (TPSA) is 90.1 Å². The van der Waals surface area contributed by atoms with Crippen LogP contribution in [0.25, 0.3) is 11.3 Å². The number of hydrogen-bond donors (Lipinski definition) is 0. The van der Waals surface area contributed by atoms with E-state index in [1.165, 1.54) is 28.3 Å². The molecule has 0 saturated heterocycles. The third-order valence-electron chi connectivity index (χ3n) is 5.31. The third-order valence-corrected chi connectivity index (χ3v) is 7.34. The fourth-order valence-electron chi connectivity index (χ4n) is 3.46. The summed E-state index contributed by atoms with van der Waals surface area (Å²) in [6.07, 6.45) is 1.47. The Kier molecular flexibility index (Phi) is 7.26. The molecule has 0 bridgehead atoms. The predicted molar refractivity (Wildman–Crippen MR) is 140 cm³/mol. The number of nitrogens with zero attached hydrogens (tertiary/aromatic N) is 5. The Balaban J connectivity index is 1.76. The molecule has 4 aromatic rings. The van der Waals surface area contributed by atoms with Gasteiger partial charge in [-0.1, -0.05) is 32.4 Å². The maximum Gasteiger partial charge on any atom is 0.262 e. The number of aromatic nitrogens is 4. The van der Waals surface area contributed by atoms with E-state index in [4.69, 9.17) is 11.6 Å². The van der Waals surface area contributed by atoms with E-state index in [0.717, 1.165) is 26.8 Å². The van der Waals surface area contributed by atoms with Crippen LogP contribution in [0.5, 0.6) is 0 Å². The summed E-state index contributed by atoms with van der Waals surface area (Å²) in [4.78, 5) is 45.7. The number of Topliss-reactive ketones (excluding diaryl/α,β-unsaturated/α-hetero) is 1. The Morgan fingerprint density at radius 1 is 1.19 bits per heavy atom. The molecule has 188 valence electrons. The van der Waals surface area contributed by atoms with Crippen molar-refractivity contribution in [1.29, 1.82) is 0 Å². The van der Waals surface area contributed by atoms with Gasteiger partial charge in [-0.05, 0) is 24.3 Å². The average Bonchev–Trinajstić information content (AvgIpc) is 3.56. The number of thiazole rings is 1. The largest absolute Gasteiger partial charge is 0.354 e. The molecule has 0 radical (unpaired) electrons. The van der Waals surface area contributed by atoms with Gasteiger partial charge < -0.3 is 4.90 Å². The zero-order valence-corrected chi connectivity index (χ0v) is 22.4. The van der Waals surface area contributed by atoms with Crippen molar-refractivity contribution >= 4 is 51.8 Å². The highest BCUT2D eigenvalue weighted by atomic mass is 35.5. The van der Waals surface area contributed by atoms with Crippen LogP contribution in [-0.4, -0.2) is 38.1 Å². The highest BCUT2D eigenvalue weighted by molar-refractivity contribution is 7.16. The monoisotopic (exact) mass is 547 g/mol. The molecule has 0 fully saturated rings. The van der Waals surface area contributed by atoms with Crippen LogP contribution >= 0.6 is 34.3 Å². The van der Waals surface area contributed by atoms with Crippen molar-refractivity contribution in [3.8, 4) is 11.3 Å². The van der Waals surface area contributed by atoms with Crippen LogP contribution in [-0.2, 0) is 13.1 Å². The van der Waals surface area contributed by atoms with Crippen LogP contribution in [0.1, 0.15) is 40.2 Å². The molecule has 12 heteroatoms. The molecule has 0 unspecified atom stereocenters. The van der Waals surface area contributed by atoms with Gasteiger partial charge in [-0.3, -0.25) is 19.0 Å². The molecular formula is C24H23ClFN5O3S2. The Bertz CT molecular complexity index is 1480. The molecule has 4 aromatic heterocycles.